The normalized spacial score (nSPS) is 11.9. The van der Waals surface area contributed by atoms with Crippen LogP contribution in [0.4, 0.5) is 5.69 Å². The average Bonchev–Trinajstić information content (AvgIpc) is 2.40. The molecular weight excluding hydrogens is 330 g/mol. The standard InChI is InChI=1S/C14H11BrClNO2/c15-11-7-6-10(8-12(11)16)17-13(14(18)19)9-4-2-1-3-5-9/h1-8,13,17H,(H,18,19). The van der Waals surface area contributed by atoms with Crippen molar-refractivity contribution >= 4 is 39.2 Å². The summed E-state index contributed by atoms with van der Waals surface area (Å²) in [5.41, 5.74) is 1.35. The number of halogens is 2. The molecule has 0 spiro atoms. The molecule has 0 fully saturated rings. The molecule has 0 saturated heterocycles. The Morgan fingerprint density at radius 1 is 1.21 bits per heavy atom. The Kier molecular flexibility index (Phi) is 4.45. The summed E-state index contributed by atoms with van der Waals surface area (Å²) in [4.78, 5) is 11.4. The lowest BCUT2D eigenvalue weighted by Crippen LogP contribution is -2.20. The van der Waals surface area contributed by atoms with Crippen molar-refractivity contribution in [1.82, 2.24) is 0 Å². The zero-order chi connectivity index (χ0) is 13.8. The third-order valence-corrected chi connectivity index (χ3v) is 3.84. The summed E-state index contributed by atoms with van der Waals surface area (Å²) >= 11 is 9.28. The first-order valence-corrected chi connectivity index (χ1v) is 6.74. The van der Waals surface area contributed by atoms with Gasteiger partial charge < -0.3 is 10.4 Å². The van der Waals surface area contributed by atoms with Crippen molar-refractivity contribution in [3.8, 4) is 0 Å². The number of aliphatic carboxylic acids is 1. The zero-order valence-corrected chi connectivity index (χ0v) is 12.1. The smallest absolute Gasteiger partial charge is 0.330 e. The zero-order valence-electron chi connectivity index (χ0n) is 9.81. The predicted molar refractivity (Wildman–Crippen MR) is 79.6 cm³/mol. The minimum absolute atomic E-state index is 0.530. The summed E-state index contributed by atoms with van der Waals surface area (Å²) in [5, 5.41) is 12.8. The van der Waals surface area contributed by atoms with E-state index >= 15 is 0 Å². The molecule has 0 radical (unpaired) electrons. The highest BCUT2D eigenvalue weighted by Crippen LogP contribution is 2.28. The fraction of sp³-hybridized carbons (Fsp3) is 0.0714. The van der Waals surface area contributed by atoms with Crippen LogP contribution >= 0.6 is 27.5 Å². The molecule has 0 aromatic heterocycles. The van der Waals surface area contributed by atoms with Gasteiger partial charge in [0, 0.05) is 10.2 Å². The van der Waals surface area contributed by atoms with E-state index in [0.29, 0.717) is 16.3 Å². The number of rotatable bonds is 4. The van der Waals surface area contributed by atoms with Gasteiger partial charge in [-0.1, -0.05) is 41.9 Å². The van der Waals surface area contributed by atoms with Crippen LogP contribution in [0.1, 0.15) is 11.6 Å². The Morgan fingerprint density at radius 3 is 2.47 bits per heavy atom. The van der Waals surface area contributed by atoms with Crippen LogP contribution in [0.2, 0.25) is 5.02 Å². The summed E-state index contributed by atoms with van der Waals surface area (Å²) in [6, 6.07) is 13.4. The molecular formula is C14H11BrClNO2. The van der Waals surface area contributed by atoms with Gasteiger partial charge in [0.15, 0.2) is 6.04 Å². The number of carboxylic acids is 1. The van der Waals surface area contributed by atoms with E-state index in [1.807, 2.05) is 18.2 Å². The maximum absolute atomic E-state index is 11.4. The summed E-state index contributed by atoms with van der Waals surface area (Å²) in [6.07, 6.45) is 0. The average molecular weight is 341 g/mol. The van der Waals surface area contributed by atoms with Crippen molar-refractivity contribution in [2.24, 2.45) is 0 Å². The molecule has 0 bridgehead atoms. The number of carbonyl (C=O) groups is 1. The molecule has 2 aromatic rings. The van der Waals surface area contributed by atoms with Gasteiger partial charge in [-0.3, -0.25) is 0 Å². The number of carboxylic acid groups (broad SMARTS) is 1. The SMILES string of the molecule is O=C(O)C(Nc1ccc(Br)c(Cl)c1)c1ccccc1. The van der Waals surface area contributed by atoms with Crippen molar-refractivity contribution in [2.45, 2.75) is 6.04 Å². The number of hydrogen-bond donors (Lipinski definition) is 2. The highest BCUT2D eigenvalue weighted by Gasteiger charge is 2.19. The predicted octanol–water partition coefficient (Wildman–Crippen LogP) is 4.34. The van der Waals surface area contributed by atoms with Crippen LogP contribution in [0, 0.1) is 0 Å². The second kappa shape index (κ2) is 6.08. The van der Waals surface area contributed by atoms with Crippen LogP contribution in [-0.2, 0) is 4.79 Å². The van der Waals surface area contributed by atoms with Crippen LogP contribution in [0.15, 0.2) is 53.0 Å². The molecule has 0 aliphatic rings. The van der Waals surface area contributed by atoms with Crippen molar-refractivity contribution < 1.29 is 9.90 Å². The van der Waals surface area contributed by atoms with Gasteiger partial charge >= 0.3 is 5.97 Å². The molecule has 2 aromatic carbocycles. The molecule has 0 aliphatic heterocycles. The van der Waals surface area contributed by atoms with E-state index in [9.17, 15) is 9.90 Å². The highest BCUT2D eigenvalue weighted by atomic mass is 79.9. The molecule has 1 atom stereocenters. The summed E-state index contributed by atoms with van der Waals surface area (Å²) in [5.74, 6) is -0.940. The summed E-state index contributed by atoms with van der Waals surface area (Å²) < 4.78 is 0.770. The molecule has 2 rings (SSSR count). The first-order valence-electron chi connectivity index (χ1n) is 5.57. The highest BCUT2D eigenvalue weighted by molar-refractivity contribution is 9.10. The van der Waals surface area contributed by atoms with Gasteiger partial charge in [0.25, 0.3) is 0 Å². The second-order valence-electron chi connectivity index (χ2n) is 3.96. The Balaban J connectivity index is 2.27. The van der Waals surface area contributed by atoms with E-state index in [4.69, 9.17) is 11.6 Å². The van der Waals surface area contributed by atoms with E-state index in [1.54, 1.807) is 30.3 Å². The molecule has 0 heterocycles. The Labute approximate surface area is 124 Å². The molecule has 3 nitrogen and oxygen atoms in total. The van der Waals surface area contributed by atoms with E-state index in [1.165, 1.54) is 0 Å². The van der Waals surface area contributed by atoms with Crippen LogP contribution in [-0.4, -0.2) is 11.1 Å². The Morgan fingerprint density at radius 2 is 1.89 bits per heavy atom. The molecule has 0 saturated carbocycles. The lowest BCUT2D eigenvalue weighted by molar-refractivity contribution is -0.138. The number of hydrogen-bond acceptors (Lipinski definition) is 2. The Bertz CT molecular complexity index is 589. The van der Waals surface area contributed by atoms with Gasteiger partial charge in [-0.05, 0) is 39.7 Å². The topological polar surface area (TPSA) is 49.3 Å². The maximum Gasteiger partial charge on any atom is 0.330 e. The number of anilines is 1. The monoisotopic (exact) mass is 339 g/mol. The van der Waals surface area contributed by atoms with Gasteiger partial charge in [0.2, 0.25) is 0 Å². The molecule has 98 valence electrons. The second-order valence-corrected chi connectivity index (χ2v) is 5.22. The van der Waals surface area contributed by atoms with Crippen LogP contribution in [0.5, 0.6) is 0 Å². The molecule has 0 aliphatic carbocycles. The van der Waals surface area contributed by atoms with Gasteiger partial charge in [0.1, 0.15) is 0 Å². The molecule has 1 unspecified atom stereocenters. The Hall–Kier alpha value is -1.52. The lowest BCUT2D eigenvalue weighted by Gasteiger charge is -2.16. The van der Waals surface area contributed by atoms with Gasteiger partial charge in [0.05, 0.1) is 5.02 Å². The molecule has 5 heteroatoms. The van der Waals surface area contributed by atoms with E-state index < -0.39 is 12.0 Å². The van der Waals surface area contributed by atoms with Gasteiger partial charge in [-0.15, -0.1) is 0 Å². The largest absolute Gasteiger partial charge is 0.479 e. The first kappa shape index (κ1) is 13.9. The lowest BCUT2D eigenvalue weighted by atomic mass is 10.1. The van der Waals surface area contributed by atoms with Crippen molar-refractivity contribution in [2.75, 3.05) is 5.32 Å². The third-order valence-electron chi connectivity index (χ3n) is 2.61. The number of nitrogens with one attached hydrogen (secondary N) is 1. The molecule has 2 N–H and O–H groups in total. The van der Waals surface area contributed by atoms with Gasteiger partial charge in [-0.2, -0.15) is 0 Å². The minimum Gasteiger partial charge on any atom is -0.479 e. The molecule has 19 heavy (non-hydrogen) atoms. The van der Waals surface area contributed by atoms with E-state index in [2.05, 4.69) is 21.2 Å². The third kappa shape index (κ3) is 3.49. The summed E-state index contributed by atoms with van der Waals surface area (Å²) in [7, 11) is 0. The van der Waals surface area contributed by atoms with Crippen LogP contribution in [0.25, 0.3) is 0 Å². The van der Waals surface area contributed by atoms with Gasteiger partial charge in [-0.25, -0.2) is 4.79 Å². The quantitative estimate of drug-likeness (QED) is 0.870. The fourth-order valence-electron chi connectivity index (χ4n) is 1.69. The first-order chi connectivity index (χ1) is 9.08. The van der Waals surface area contributed by atoms with Crippen LogP contribution < -0.4 is 5.32 Å². The molecule has 0 amide bonds. The fourth-order valence-corrected chi connectivity index (χ4v) is 2.11. The van der Waals surface area contributed by atoms with Crippen molar-refractivity contribution in [3.05, 3.63) is 63.6 Å². The summed E-state index contributed by atoms with van der Waals surface area (Å²) in [6.45, 7) is 0. The number of benzene rings is 2. The maximum atomic E-state index is 11.4. The van der Waals surface area contributed by atoms with Crippen LogP contribution in [0.3, 0.4) is 0 Å². The van der Waals surface area contributed by atoms with E-state index in [-0.39, 0.29) is 0 Å². The van der Waals surface area contributed by atoms with Crippen molar-refractivity contribution in [1.29, 1.82) is 0 Å². The van der Waals surface area contributed by atoms with E-state index in [0.717, 1.165) is 4.47 Å². The minimum atomic E-state index is -0.940. The van der Waals surface area contributed by atoms with Crippen molar-refractivity contribution in [3.63, 3.8) is 0 Å².